The minimum Gasteiger partial charge on any atom is -0.505 e. The lowest BCUT2D eigenvalue weighted by Crippen LogP contribution is -2.24. The zero-order valence-corrected chi connectivity index (χ0v) is 11.7. The number of nitrogens with zero attached hydrogens (tertiary/aromatic N) is 1. The van der Waals surface area contributed by atoms with Gasteiger partial charge in [0.1, 0.15) is 0 Å². The van der Waals surface area contributed by atoms with E-state index in [1.54, 1.807) is 6.07 Å². The van der Waals surface area contributed by atoms with Gasteiger partial charge in [0.15, 0.2) is 11.6 Å². The summed E-state index contributed by atoms with van der Waals surface area (Å²) in [6, 6.07) is 4.79. The van der Waals surface area contributed by atoms with Crippen molar-refractivity contribution in [3.05, 3.63) is 29.6 Å². The number of hydrogen-bond donors (Lipinski definition) is 1. The molecule has 0 aromatic heterocycles. The standard InChI is InChI=1S/C16H24FNO/c1-2-5-13-6-4-10-18(11-9-13)12-14-7-3-8-15(17)16(14)19/h3,7-8,13,19H,2,4-6,9-12H2,1H3. The number of para-hydroxylation sites is 1. The van der Waals surface area contributed by atoms with Crippen molar-refractivity contribution >= 4 is 0 Å². The summed E-state index contributed by atoms with van der Waals surface area (Å²) in [5, 5.41) is 9.73. The highest BCUT2D eigenvalue weighted by atomic mass is 19.1. The van der Waals surface area contributed by atoms with Gasteiger partial charge in [-0.3, -0.25) is 4.90 Å². The van der Waals surface area contributed by atoms with Crippen LogP contribution in [0.25, 0.3) is 0 Å². The fraction of sp³-hybridized carbons (Fsp3) is 0.625. The van der Waals surface area contributed by atoms with E-state index in [4.69, 9.17) is 0 Å². The lowest BCUT2D eigenvalue weighted by molar-refractivity contribution is 0.266. The third-order valence-corrected chi connectivity index (χ3v) is 4.10. The van der Waals surface area contributed by atoms with Crippen molar-refractivity contribution in [1.29, 1.82) is 0 Å². The second kappa shape index (κ2) is 6.90. The van der Waals surface area contributed by atoms with Gasteiger partial charge in [-0.15, -0.1) is 0 Å². The molecule has 0 bridgehead atoms. The van der Waals surface area contributed by atoms with Gasteiger partial charge < -0.3 is 5.11 Å². The number of halogens is 1. The number of benzene rings is 1. The molecule has 106 valence electrons. The molecule has 1 aliphatic heterocycles. The zero-order chi connectivity index (χ0) is 13.7. The van der Waals surface area contributed by atoms with Crippen LogP contribution >= 0.6 is 0 Å². The third kappa shape index (κ3) is 3.93. The van der Waals surface area contributed by atoms with Crippen LogP contribution in [-0.2, 0) is 6.54 Å². The normalized spacial score (nSPS) is 21.3. The first kappa shape index (κ1) is 14.3. The van der Waals surface area contributed by atoms with E-state index in [0.29, 0.717) is 12.1 Å². The first-order chi connectivity index (χ1) is 9.20. The monoisotopic (exact) mass is 265 g/mol. The molecule has 0 spiro atoms. The summed E-state index contributed by atoms with van der Waals surface area (Å²) < 4.78 is 13.3. The lowest BCUT2D eigenvalue weighted by Gasteiger charge is -2.20. The second-order valence-electron chi connectivity index (χ2n) is 5.61. The van der Waals surface area contributed by atoms with Crippen molar-refractivity contribution in [2.75, 3.05) is 13.1 Å². The highest BCUT2D eigenvalue weighted by Gasteiger charge is 2.18. The molecule has 1 fully saturated rings. The van der Waals surface area contributed by atoms with E-state index in [1.807, 2.05) is 6.07 Å². The van der Waals surface area contributed by atoms with Crippen LogP contribution in [0.1, 0.15) is 44.6 Å². The van der Waals surface area contributed by atoms with Crippen molar-refractivity contribution < 1.29 is 9.50 Å². The van der Waals surface area contributed by atoms with Gasteiger partial charge in [0, 0.05) is 12.1 Å². The van der Waals surface area contributed by atoms with E-state index >= 15 is 0 Å². The molecule has 19 heavy (non-hydrogen) atoms. The molecule has 1 N–H and O–H groups in total. The maximum atomic E-state index is 13.3. The van der Waals surface area contributed by atoms with Crippen LogP contribution in [-0.4, -0.2) is 23.1 Å². The van der Waals surface area contributed by atoms with Gasteiger partial charge >= 0.3 is 0 Å². The molecule has 1 saturated heterocycles. The summed E-state index contributed by atoms with van der Waals surface area (Å²) in [7, 11) is 0. The summed E-state index contributed by atoms with van der Waals surface area (Å²) in [4.78, 5) is 2.34. The van der Waals surface area contributed by atoms with Crippen LogP contribution in [0.5, 0.6) is 5.75 Å². The Balaban J connectivity index is 1.94. The quantitative estimate of drug-likeness (QED) is 0.891. The lowest BCUT2D eigenvalue weighted by atomic mass is 9.96. The van der Waals surface area contributed by atoms with Crippen LogP contribution in [0.2, 0.25) is 0 Å². The molecule has 1 aromatic rings. The Morgan fingerprint density at radius 2 is 2.16 bits per heavy atom. The predicted octanol–water partition coefficient (Wildman–Crippen LogP) is 3.93. The van der Waals surface area contributed by atoms with Gasteiger partial charge in [-0.25, -0.2) is 4.39 Å². The molecule has 1 unspecified atom stereocenters. The summed E-state index contributed by atoms with van der Waals surface area (Å²) in [5.41, 5.74) is 0.703. The number of phenolic OH excluding ortho intramolecular Hbond substituents is 1. The molecule has 0 aliphatic carbocycles. The van der Waals surface area contributed by atoms with Gasteiger partial charge in [-0.1, -0.05) is 31.9 Å². The average Bonchev–Trinajstić information content (AvgIpc) is 2.61. The number of likely N-dealkylation sites (tertiary alicyclic amines) is 1. The van der Waals surface area contributed by atoms with E-state index in [2.05, 4.69) is 11.8 Å². The largest absolute Gasteiger partial charge is 0.505 e. The molecular weight excluding hydrogens is 241 g/mol. The molecule has 0 amide bonds. The predicted molar refractivity (Wildman–Crippen MR) is 75.6 cm³/mol. The highest BCUT2D eigenvalue weighted by Crippen LogP contribution is 2.26. The molecular formula is C16H24FNO. The summed E-state index contributed by atoms with van der Waals surface area (Å²) in [6.07, 6.45) is 6.32. The first-order valence-electron chi connectivity index (χ1n) is 7.39. The average molecular weight is 265 g/mol. The number of rotatable bonds is 4. The Labute approximate surface area is 115 Å². The Bertz CT molecular complexity index is 408. The second-order valence-corrected chi connectivity index (χ2v) is 5.61. The number of phenols is 1. The summed E-state index contributed by atoms with van der Waals surface area (Å²) in [6.45, 7) is 5.01. The van der Waals surface area contributed by atoms with Crippen LogP contribution < -0.4 is 0 Å². The van der Waals surface area contributed by atoms with E-state index in [0.717, 1.165) is 19.0 Å². The molecule has 0 radical (unpaired) electrons. The number of aromatic hydroxyl groups is 1. The summed E-state index contributed by atoms with van der Waals surface area (Å²) in [5.74, 6) is 0.143. The zero-order valence-electron chi connectivity index (χ0n) is 11.7. The fourth-order valence-corrected chi connectivity index (χ4v) is 3.01. The molecule has 1 aliphatic rings. The van der Waals surface area contributed by atoms with Crippen molar-refractivity contribution in [2.24, 2.45) is 5.92 Å². The molecule has 2 rings (SSSR count). The van der Waals surface area contributed by atoms with Crippen molar-refractivity contribution in [3.8, 4) is 5.75 Å². The van der Waals surface area contributed by atoms with E-state index in [-0.39, 0.29) is 5.75 Å². The smallest absolute Gasteiger partial charge is 0.165 e. The summed E-state index contributed by atoms with van der Waals surface area (Å²) >= 11 is 0. The third-order valence-electron chi connectivity index (χ3n) is 4.10. The Kier molecular flexibility index (Phi) is 5.20. The molecule has 3 heteroatoms. The molecule has 1 aromatic carbocycles. The van der Waals surface area contributed by atoms with Crippen molar-refractivity contribution in [2.45, 2.75) is 45.6 Å². The van der Waals surface area contributed by atoms with Gasteiger partial charge in [0.2, 0.25) is 0 Å². The Hall–Kier alpha value is -1.09. The van der Waals surface area contributed by atoms with Crippen LogP contribution in [0.15, 0.2) is 18.2 Å². The van der Waals surface area contributed by atoms with Gasteiger partial charge in [0.25, 0.3) is 0 Å². The molecule has 1 atom stereocenters. The SMILES string of the molecule is CCCC1CCCN(Cc2cccc(F)c2O)CC1. The van der Waals surface area contributed by atoms with Crippen molar-refractivity contribution in [3.63, 3.8) is 0 Å². The first-order valence-corrected chi connectivity index (χ1v) is 7.39. The fourth-order valence-electron chi connectivity index (χ4n) is 3.01. The minimum atomic E-state index is -0.517. The van der Waals surface area contributed by atoms with Crippen molar-refractivity contribution in [1.82, 2.24) is 4.90 Å². The molecule has 1 heterocycles. The number of hydrogen-bond acceptors (Lipinski definition) is 2. The van der Waals surface area contributed by atoms with Gasteiger partial charge in [0.05, 0.1) is 0 Å². The Morgan fingerprint density at radius 1 is 1.32 bits per heavy atom. The van der Waals surface area contributed by atoms with E-state index in [1.165, 1.54) is 38.2 Å². The van der Waals surface area contributed by atoms with E-state index in [9.17, 15) is 9.50 Å². The Morgan fingerprint density at radius 3 is 2.95 bits per heavy atom. The highest BCUT2D eigenvalue weighted by molar-refractivity contribution is 5.33. The topological polar surface area (TPSA) is 23.5 Å². The minimum absolute atomic E-state index is 0.183. The van der Waals surface area contributed by atoms with Crippen LogP contribution in [0, 0.1) is 11.7 Å². The van der Waals surface area contributed by atoms with Crippen LogP contribution in [0.4, 0.5) is 4.39 Å². The van der Waals surface area contributed by atoms with Crippen LogP contribution in [0.3, 0.4) is 0 Å². The molecule has 0 saturated carbocycles. The maximum Gasteiger partial charge on any atom is 0.165 e. The molecule has 2 nitrogen and oxygen atoms in total. The van der Waals surface area contributed by atoms with Gasteiger partial charge in [-0.2, -0.15) is 0 Å². The van der Waals surface area contributed by atoms with E-state index < -0.39 is 5.82 Å². The van der Waals surface area contributed by atoms with Gasteiger partial charge in [-0.05, 0) is 44.3 Å². The maximum absolute atomic E-state index is 13.3.